The number of aromatic nitrogens is 1. The second kappa shape index (κ2) is 6.15. The minimum Gasteiger partial charge on any atom is -0.350 e. The predicted octanol–water partition coefficient (Wildman–Crippen LogP) is 2.97. The molecule has 1 N–H and O–H groups in total. The van der Waals surface area contributed by atoms with Crippen LogP contribution in [0.4, 0.5) is 19.0 Å². The molecule has 0 unspecified atom stereocenters. The average molecular weight is 316 g/mol. The van der Waals surface area contributed by atoms with E-state index in [4.69, 9.17) is 11.6 Å². The molecule has 0 aliphatic carbocycles. The quantitative estimate of drug-likeness (QED) is 0.863. The van der Waals surface area contributed by atoms with Gasteiger partial charge in [0.1, 0.15) is 5.82 Å². The number of hydrogen-bond donors (Lipinski definition) is 1. The van der Waals surface area contributed by atoms with Crippen LogP contribution in [-0.4, -0.2) is 30.7 Å². The highest BCUT2D eigenvalue weighted by Gasteiger charge is 2.32. The van der Waals surface area contributed by atoms with E-state index < -0.39 is 11.7 Å². The Kier molecular flexibility index (Phi) is 5.29. The molecule has 0 amide bonds. The molecule has 0 spiro atoms. The van der Waals surface area contributed by atoms with Crippen LogP contribution < -0.4 is 10.2 Å². The Morgan fingerprint density at radius 2 is 2.16 bits per heavy atom. The van der Waals surface area contributed by atoms with Crippen LogP contribution in [0.1, 0.15) is 12.5 Å². The third-order valence-electron chi connectivity index (χ3n) is 2.92. The van der Waals surface area contributed by atoms with E-state index in [1.807, 2.05) is 11.8 Å². The van der Waals surface area contributed by atoms with Crippen molar-refractivity contribution in [2.45, 2.75) is 19.1 Å². The number of piperazine rings is 1. The Bertz CT molecular complexity index is 440. The molecular formula is C11H14Cl2F3N3. The molecule has 1 aromatic heterocycles. The number of halogens is 5. The second-order valence-electron chi connectivity index (χ2n) is 4.27. The number of nitrogens with zero attached hydrogens (tertiary/aromatic N) is 2. The molecule has 1 aliphatic heterocycles. The van der Waals surface area contributed by atoms with Crippen LogP contribution in [0.5, 0.6) is 0 Å². The van der Waals surface area contributed by atoms with Gasteiger partial charge in [0.05, 0.1) is 10.6 Å². The average Bonchev–Trinajstić information content (AvgIpc) is 2.29. The molecule has 1 fully saturated rings. The highest BCUT2D eigenvalue weighted by atomic mass is 35.5. The fourth-order valence-electron chi connectivity index (χ4n) is 1.95. The summed E-state index contributed by atoms with van der Waals surface area (Å²) >= 11 is 5.91. The summed E-state index contributed by atoms with van der Waals surface area (Å²) < 4.78 is 37.5. The molecule has 1 saturated heterocycles. The first-order chi connectivity index (χ1) is 8.39. The summed E-state index contributed by atoms with van der Waals surface area (Å²) in [5, 5.41) is 3.24. The molecule has 1 aromatic rings. The summed E-state index contributed by atoms with van der Waals surface area (Å²) in [5.74, 6) is 0.415. The number of hydrogen-bond acceptors (Lipinski definition) is 3. The molecule has 108 valence electrons. The van der Waals surface area contributed by atoms with Crippen LogP contribution in [0.15, 0.2) is 12.3 Å². The fourth-order valence-corrected chi connectivity index (χ4v) is 2.23. The van der Waals surface area contributed by atoms with Gasteiger partial charge in [-0.3, -0.25) is 0 Å². The number of pyridine rings is 1. The molecule has 0 radical (unpaired) electrons. The monoisotopic (exact) mass is 315 g/mol. The Morgan fingerprint density at radius 1 is 1.47 bits per heavy atom. The molecule has 3 nitrogen and oxygen atoms in total. The number of rotatable bonds is 1. The Morgan fingerprint density at radius 3 is 2.68 bits per heavy atom. The maximum Gasteiger partial charge on any atom is 0.417 e. The zero-order chi connectivity index (χ0) is 13.3. The predicted molar refractivity (Wildman–Crippen MR) is 71.2 cm³/mol. The maximum absolute atomic E-state index is 12.5. The SMILES string of the molecule is C[C@@H]1CNCCN1c1ncc(C(F)(F)F)cc1Cl.Cl. The van der Waals surface area contributed by atoms with Crippen LogP contribution in [0.3, 0.4) is 0 Å². The summed E-state index contributed by atoms with van der Waals surface area (Å²) in [6, 6.07) is 1.08. The van der Waals surface area contributed by atoms with Crippen LogP contribution in [0.2, 0.25) is 5.02 Å². The lowest BCUT2D eigenvalue weighted by atomic mass is 10.2. The van der Waals surface area contributed by atoms with E-state index in [9.17, 15) is 13.2 Å². The van der Waals surface area contributed by atoms with Gasteiger partial charge in [-0.05, 0) is 13.0 Å². The molecule has 0 saturated carbocycles. The van der Waals surface area contributed by atoms with Gasteiger partial charge < -0.3 is 10.2 Å². The third kappa shape index (κ3) is 3.64. The van der Waals surface area contributed by atoms with E-state index in [-0.39, 0.29) is 23.5 Å². The lowest BCUT2D eigenvalue weighted by molar-refractivity contribution is -0.137. The van der Waals surface area contributed by atoms with Crippen LogP contribution in [-0.2, 0) is 6.18 Å². The minimum atomic E-state index is -4.41. The summed E-state index contributed by atoms with van der Waals surface area (Å²) in [4.78, 5) is 5.78. The minimum absolute atomic E-state index is 0. The largest absolute Gasteiger partial charge is 0.417 e. The van der Waals surface area contributed by atoms with Crippen molar-refractivity contribution in [2.24, 2.45) is 0 Å². The molecule has 2 heterocycles. The lowest BCUT2D eigenvalue weighted by Crippen LogP contribution is -2.50. The van der Waals surface area contributed by atoms with Crippen molar-refractivity contribution in [1.82, 2.24) is 10.3 Å². The summed E-state index contributed by atoms with van der Waals surface area (Å²) in [7, 11) is 0. The zero-order valence-corrected chi connectivity index (χ0v) is 11.7. The van der Waals surface area contributed by atoms with E-state index in [1.165, 1.54) is 0 Å². The van der Waals surface area contributed by atoms with Gasteiger partial charge in [-0.25, -0.2) is 4.98 Å². The normalized spacial score (nSPS) is 20.1. The van der Waals surface area contributed by atoms with Crippen molar-refractivity contribution in [3.8, 4) is 0 Å². The van der Waals surface area contributed by atoms with E-state index in [0.717, 1.165) is 25.4 Å². The summed E-state index contributed by atoms with van der Waals surface area (Å²) in [6.07, 6.45) is -3.58. The molecule has 2 rings (SSSR count). The molecular weight excluding hydrogens is 302 g/mol. The number of anilines is 1. The van der Waals surface area contributed by atoms with Gasteiger partial charge in [0.15, 0.2) is 0 Å². The van der Waals surface area contributed by atoms with E-state index >= 15 is 0 Å². The van der Waals surface area contributed by atoms with Gasteiger partial charge in [0.25, 0.3) is 0 Å². The van der Waals surface area contributed by atoms with Crippen LogP contribution in [0.25, 0.3) is 0 Å². The maximum atomic E-state index is 12.5. The van der Waals surface area contributed by atoms with Crippen molar-refractivity contribution in [1.29, 1.82) is 0 Å². The Balaban J connectivity index is 0.00000180. The van der Waals surface area contributed by atoms with Gasteiger partial charge in [0.2, 0.25) is 0 Å². The summed E-state index contributed by atoms with van der Waals surface area (Å²) in [5.41, 5.74) is -0.820. The first-order valence-electron chi connectivity index (χ1n) is 5.59. The van der Waals surface area contributed by atoms with E-state index in [2.05, 4.69) is 10.3 Å². The fraction of sp³-hybridized carbons (Fsp3) is 0.545. The van der Waals surface area contributed by atoms with Crippen LogP contribution >= 0.6 is 24.0 Å². The van der Waals surface area contributed by atoms with Crippen molar-refractivity contribution < 1.29 is 13.2 Å². The highest BCUT2D eigenvalue weighted by Crippen LogP contribution is 2.34. The van der Waals surface area contributed by atoms with E-state index in [1.54, 1.807) is 0 Å². The molecule has 0 bridgehead atoms. The number of nitrogens with one attached hydrogen (secondary N) is 1. The van der Waals surface area contributed by atoms with Crippen molar-refractivity contribution in [3.63, 3.8) is 0 Å². The first kappa shape index (κ1) is 16.3. The number of alkyl halides is 3. The highest BCUT2D eigenvalue weighted by molar-refractivity contribution is 6.33. The topological polar surface area (TPSA) is 28.2 Å². The van der Waals surface area contributed by atoms with Gasteiger partial charge in [-0.15, -0.1) is 12.4 Å². The Hall–Kier alpha value is -0.720. The van der Waals surface area contributed by atoms with E-state index in [0.29, 0.717) is 12.4 Å². The van der Waals surface area contributed by atoms with Crippen LogP contribution in [0, 0.1) is 0 Å². The third-order valence-corrected chi connectivity index (χ3v) is 3.20. The van der Waals surface area contributed by atoms with Gasteiger partial charge in [-0.2, -0.15) is 13.2 Å². The molecule has 1 aliphatic rings. The van der Waals surface area contributed by atoms with Crippen molar-refractivity contribution >= 4 is 29.8 Å². The second-order valence-corrected chi connectivity index (χ2v) is 4.68. The summed E-state index contributed by atoms with van der Waals surface area (Å²) in [6.45, 7) is 4.18. The lowest BCUT2D eigenvalue weighted by Gasteiger charge is -2.35. The van der Waals surface area contributed by atoms with Gasteiger partial charge in [-0.1, -0.05) is 11.6 Å². The van der Waals surface area contributed by atoms with Crippen molar-refractivity contribution in [3.05, 3.63) is 22.8 Å². The van der Waals surface area contributed by atoms with Crippen molar-refractivity contribution in [2.75, 3.05) is 24.5 Å². The molecule has 0 aromatic carbocycles. The molecule has 1 atom stereocenters. The van der Waals surface area contributed by atoms with Gasteiger partial charge >= 0.3 is 6.18 Å². The molecule has 8 heteroatoms. The zero-order valence-electron chi connectivity index (χ0n) is 10.2. The van der Waals surface area contributed by atoms with Gasteiger partial charge in [0, 0.05) is 31.9 Å². The molecule has 19 heavy (non-hydrogen) atoms. The smallest absolute Gasteiger partial charge is 0.350 e. The first-order valence-corrected chi connectivity index (χ1v) is 5.97. The Labute approximate surface area is 120 Å². The standard InChI is InChI=1S/C11H13ClF3N3.ClH/c1-7-5-16-2-3-18(7)10-9(12)4-8(6-17-10)11(13,14)15;/h4,6-7,16H,2-3,5H2,1H3;1H/t7-;/m1./s1.